The standard InChI is InChI=1S/C26H20N4O/c1-2-7-24(8-3-1)31-25-9-4-6-23(20-25)29-16-10-21(11-17-29)22-12-18-30(19-13-22)26-27-14-5-15-28-26/h1-20H/q+2. The average Bonchev–Trinajstić information content (AvgIpc) is 2.86. The number of rotatable bonds is 5. The van der Waals surface area contributed by atoms with Gasteiger partial charge in [-0.05, 0) is 41.5 Å². The summed E-state index contributed by atoms with van der Waals surface area (Å²) in [5, 5.41) is 0. The molecule has 0 amide bonds. The topological polar surface area (TPSA) is 42.8 Å². The van der Waals surface area contributed by atoms with E-state index in [1.165, 1.54) is 0 Å². The number of aromatic nitrogens is 4. The van der Waals surface area contributed by atoms with E-state index >= 15 is 0 Å². The average molecular weight is 404 g/mol. The summed E-state index contributed by atoms with van der Waals surface area (Å²) in [6.45, 7) is 0. The lowest BCUT2D eigenvalue weighted by atomic mass is 10.1. The van der Waals surface area contributed by atoms with Crippen LogP contribution in [-0.4, -0.2) is 9.97 Å². The monoisotopic (exact) mass is 404 g/mol. The Morgan fingerprint density at radius 3 is 1.84 bits per heavy atom. The molecule has 0 aliphatic heterocycles. The Labute approximate surface area is 180 Å². The van der Waals surface area contributed by atoms with Gasteiger partial charge in [0.2, 0.25) is 5.69 Å². The second-order valence-corrected chi connectivity index (χ2v) is 6.95. The van der Waals surface area contributed by atoms with Crippen molar-refractivity contribution in [2.45, 2.75) is 0 Å². The quantitative estimate of drug-likeness (QED) is 0.406. The summed E-state index contributed by atoms with van der Waals surface area (Å²) >= 11 is 0. The van der Waals surface area contributed by atoms with Crippen LogP contribution in [-0.2, 0) is 0 Å². The molecule has 0 saturated carbocycles. The van der Waals surface area contributed by atoms with Crippen molar-refractivity contribution in [1.82, 2.24) is 9.97 Å². The second-order valence-electron chi connectivity index (χ2n) is 6.95. The molecule has 5 heteroatoms. The Kier molecular flexibility index (Phi) is 5.14. The van der Waals surface area contributed by atoms with Crippen LogP contribution in [0, 0.1) is 0 Å². The molecule has 0 fully saturated rings. The highest BCUT2D eigenvalue weighted by molar-refractivity contribution is 5.61. The third kappa shape index (κ3) is 4.31. The normalized spacial score (nSPS) is 10.6. The van der Waals surface area contributed by atoms with Gasteiger partial charge in [0.25, 0.3) is 0 Å². The summed E-state index contributed by atoms with van der Waals surface area (Å²) in [7, 11) is 0. The van der Waals surface area contributed by atoms with Crippen molar-refractivity contribution in [3.63, 3.8) is 0 Å². The summed E-state index contributed by atoms with van der Waals surface area (Å²) in [6, 6.07) is 28.0. The van der Waals surface area contributed by atoms with E-state index in [1.54, 1.807) is 18.5 Å². The summed E-state index contributed by atoms with van der Waals surface area (Å²) in [5.41, 5.74) is 3.29. The molecule has 3 heterocycles. The fourth-order valence-corrected chi connectivity index (χ4v) is 3.30. The second kappa shape index (κ2) is 8.55. The molecule has 148 valence electrons. The van der Waals surface area contributed by atoms with Gasteiger partial charge >= 0.3 is 5.95 Å². The van der Waals surface area contributed by atoms with E-state index in [0.29, 0.717) is 5.95 Å². The van der Waals surface area contributed by atoms with Crippen LogP contribution in [0.1, 0.15) is 0 Å². The van der Waals surface area contributed by atoms with E-state index < -0.39 is 0 Å². The van der Waals surface area contributed by atoms with Crippen LogP contribution < -0.4 is 13.9 Å². The van der Waals surface area contributed by atoms with Gasteiger partial charge in [0.15, 0.2) is 12.4 Å². The molecule has 0 spiro atoms. The predicted octanol–water partition coefficient (Wildman–Crippen LogP) is 4.49. The van der Waals surface area contributed by atoms with Crippen molar-refractivity contribution in [1.29, 1.82) is 0 Å². The molecule has 5 aromatic rings. The Hall–Kier alpha value is -4.38. The summed E-state index contributed by atoms with van der Waals surface area (Å²) in [5.74, 6) is 2.27. The van der Waals surface area contributed by atoms with Crippen molar-refractivity contribution < 1.29 is 13.9 Å². The number of ether oxygens (including phenoxy) is 1. The molecule has 0 aliphatic carbocycles. The van der Waals surface area contributed by atoms with E-state index in [-0.39, 0.29) is 0 Å². The van der Waals surface area contributed by atoms with Crippen LogP contribution in [0.2, 0.25) is 0 Å². The molecule has 0 bridgehead atoms. The zero-order valence-corrected chi connectivity index (χ0v) is 16.7. The Bertz CT molecular complexity index is 1270. The minimum Gasteiger partial charge on any atom is -0.457 e. The van der Waals surface area contributed by atoms with Crippen molar-refractivity contribution >= 4 is 0 Å². The molecule has 0 atom stereocenters. The Balaban J connectivity index is 1.35. The molecular weight excluding hydrogens is 384 g/mol. The van der Waals surface area contributed by atoms with Gasteiger partial charge in [0.1, 0.15) is 23.9 Å². The van der Waals surface area contributed by atoms with Crippen molar-refractivity contribution in [3.05, 3.63) is 122 Å². The Morgan fingerprint density at radius 2 is 1.16 bits per heavy atom. The predicted molar refractivity (Wildman–Crippen MR) is 117 cm³/mol. The minimum absolute atomic E-state index is 0.651. The summed E-state index contributed by atoms with van der Waals surface area (Å²) in [4.78, 5) is 8.54. The fourth-order valence-electron chi connectivity index (χ4n) is 3.30. The van der Waals surface area contributed by atoms with E-state index in [9.17, 15) is 0 Å². The smallest absolute Gasteiger partial charge is 0.437 e. The molecular formula is C26H20N4O+2. The first-order valence-corrected chi connectivity index (χ1v) is 9.99. The molecule has 0 saturated heterocycles. The molecule has 0 unspecified atom stereocenters. The third-order valence-corrected chi connectivity index (χ3v) is 4.87. The molecule has 2 aromatic carbocycles. The highest BCUT2D eigenvalue weighted by Crippen LogP contribution is 2.22. The number of benzene rings is 2. The first kappa shape index (κ1) is 18.6. The van der Waals surface area contributed by atoms with Gasteiger partial charge in [-0.3, -0.25) is 0 Å². The summed E-state index contributed by atoms with van der Waals surface area (Å²) in [6.07, 6.45) is 11.5. The van der Waals surface area contributed by atoms with E-state index in [0.717, 1.165) is 28.3 Å². The van der Waals surface area contributed by atoms with Gasteiger partial charge in [-0.1, -0.05) is 34.2 Å². The van der Waals surface area contributed by atoms with Crippen molar-refractivity contribution in [2.24, 2.45) is 0 Å². The molecule has 31 heavy (non-hydrogen) atoms. The highest BCUT2D eigenvalue weighted by Gasteiger charge is 2.10. The van der Waals surface area contributed by atoms with Gasteiger partial charge in [-0.25, -0.2) is 4.57 Å². The molecule has 0 aliphatic rings. The highest BCUT2D eigenvalue weighted by atomic mass is 16.5. The van der Waals surface area contributed by atoms with Crippen LogP contribution in [0.3, 0.4) is 0 Å². The van der Waals surface area contributed by atoms with Crippen LogP contribution in [0.15, 0.2) is 122 Å². The summed E-state index contributed by atoms with van der Waals surface area (Å²) < 4.78 is 9.92. The number of pyridine rings is 2. The lowest BCUT2D eigenvalue weighted by molar-refractivity contribution is -0.603. The molecule has 5 rings (SSSR count). The maximum absolute atomic E-state index is 5.96. The maximum Gasteiger partial charge on any atom is 0.437 e. The first-order valence-electron chi connectivity index (χ1n) is 9.99. The SMILES string of the molecule is c1ccc(Oc2cccc(-[n+]3ccc(-c4cc[n+](-c5ncccn5)cc4)cc3)c2)cc1. The minimum atomic E-state index is 0.651. The molecule has 0 radical (unpaired) electrons. The third-order valence-electron chi connectivity index (χ3n) is 4.87. The maximum atomic E-state index is 5.96. The number of hydrogen-bond donors (Lipinski definition) is 0. The van der Waals surface area contributed by atoms with Crippen LogP contribution in [0.4, 0.5) is 0 Å². The Morgan fingerprint density at radius 1 is 0.548 bits per heavy atom. The number of hydrogen-bond acceptors (Lipinski definition) is 3. The van der Waals surface area contributed by atoms with Crippen molar-refractivity contribution in [2.75, 3.05) is 0 Å². The van der Waals surface area contributed by atoms with Gasteiger partial charge in [0, 0.05) is 24.3 Å². The molecule has 0 N–H and O–H groups in total. The van der Waals surface area contributed by atoms with E-state index in [4.69, 9.17) is 4.74 Å². The van der Waals surface area contributed by atoms with E-state index in [1.807, 2.05) is 65.5 Å². The van der Waals surface area contributed by atoms with Gasteiger partial charge in [-0.2, -0.15) is 4.57 Å². The number of para-hydroxylation sites is 1. The molecule has 3 aromatic heterocycles. The number of nitrogens with zero attached hydrogens (tertiary/aromatic N) is 4. The zero-order valence-electron chi connectivity index (χ0n) is 16.7. The first-order chi connectivity index (χ1) is 15.3. The largest absolute Gasteiger partial charge is 0.457 e. The van der Waals surface area contributed by atoms with Crippen LogP contribution in [0.5, 0.6) is 11.5 Å². The van der Waals surface area contributed by atoms with Crippen LogP contribution >= 0.6 is 0 Å². The van der Waals surface area contributed by atoms with Gasteiger partial charge < -0.3 is 4.74 Å². The lowest BCUT2D eigenvalue weighted by Gasteiger charge is -2.06. The van der Waals surface area contributed by atoms with Gasteiger partial charge in [-0.15, -0.1) is 0 Å². The van der Waals surface area contributed by atoms with Crippen molar-refractivity contribution in [3.8, 4) is 34.3 Å². The van der Waals surface area contributed by atoms with Crippen LogP contribution in [0.25, 0.3) is 22.8 Å². The lowest BCUT2D eigenvalue weighted by Crippen LogP contribution is -2.32. The zero-order chi connectivity index (χ0) is 20.9. The van der Waals surface area contributed by atoms with E-state index in [2.05, 4.69) is 57.3 Å². The van der Waals surface area contributed by atoms with Gasteiger partial charge in [0.05, 0.1) is 18.5 Å². The fraction of sp³-hybridized carbons (Fsp3) is 0. The molecule has 5 nitrogen and oxygen atoms in total.